The highest BCUT2D eigenvalue weighted by Gasteiger charge is 2.29. The molecule has 0 atom stereocenters. The Hall–Kier alpha value is -3.75. The van der Waals surface area contributed by atoms with Crippen molar-refractivity contribution in [3.8, 4) is 11.4 Å². The van der Waals surface area contributed by atoms with Crippen molar-refractivity contribution in [2.75, 3.05) is 25.0 Å². The Labute approximate surface area is 172 Å². The Kier molecular flexibility index (Phi) is 5.42. The molecule has 0 unspecified atom stereocenters. The molecule has 2 aromatic carbocycles. The van der Waals surface area contributed by atoms with Crippen molar-refractivity contribution in [3.05, 3.63) is 70.1 Å². The maximum atomic E-state index is 11.8. The lowest BCUT2D eigenvalue weighted by Gasteiger charge is -2.31. The standard InChI is InChI=1S/C21H21N5O4/c1-22-20(27)16-7-8-17(18(13-16)26(28)29)25-11-9-15(10-12-25)21-23-19(24-30-21)14-5-3-2-4-6-14/h2-8,13,15H,9-12H2,1H3,(H,22,27). The molecule has 3 aromatic rings. The third kappa shape index (κ3) is 3.86. The number of piperidine rings is 1. The zero-order valence-electron chi connectivity index (χ0n) is 16.4. The van der Waals surface area contributed by atoms with Crippen molar-refractivity contribution < 1.29 is 14.2 Å². The number of benzene rings is 2. The first kappa shape index (κ1) is 19.6. The Bertz CT molecular complexity index is 1060. The van der Waals surface area contributed by atoms with Crippen LogP contribution < -0.4 is 10.2 Å². The van der Waals surface area contributed by atoms with Crippen LogP contribution in [0.25, 0.3) is 11.4 Å². The maximum Gasteiger partial charge on any atom is 0.293 e. The minimum Gasteiger partial charge on any atom is -0.366 e. The van der Waals surface area contributed by atoms with Gasteiger partial charge in [-0.15, -0.1) is 0 Å². The van der Waals surface area contributed by atoms with E-state index in [0.717, 1.165) is 18.4 Å². The van der Waals surface area contributed by atoms with Gasteiger partial charge in [0.15, 0.2) is 0 Å². The number of nitrogens with zero attached hydrogens (tertiary/aromatic N) is 4. The average Bonchev–Trinajstić information content (AvgIpc) is 3.29. The lowest BCUT2D eigenvalue weighted by Crippen LogP contribution is -2.33. The summed E-state index contributed by atoms with van der Waals surface area (Å²) in [6.45, 7) is 1.24. The van der Waals surface area contributed by atoms with Crippen LogP contribution in [0, 0.1) is 10.1 Å². The number of amides is 1. The molecule has 1 aliphatic heterocycles. The lowest BCUT2D eigenvalue weighted by molar-refractivity contribution is -0.384. The van der Waals surface area contributed by atoms with Gasteiger partial charge in [0, 0.05) is 43.2 Å². The molecule has 9 nitrogen and oxygen atoms in total. The number of nitrogens with one attached hydrogen (secondary N) is 1. The summed E-state index contributed by atoms with van der Waals surface area (Å²) in [6, 6.07) is 14.2. The third-order valence-corrected chi connectivity index (χ3v) is 5.32. The van der Waals surface area contributed by atoms with E-state index in [4.69, 9.17) is 4.52 Å². The zero-order valence-corrected chi connectivity index (χ0v) is 16.4. The molecular formula is C21H21N5O4. The van der Waals surface area contributed by atoms with Gasteiger partial charge in [0.05, 0.1) is 4.92 Å². The van der Waals surface area contributed by atoms with Crippen molar-refractivity contribution in [2.45, 2.75) is 18.8 Å². The first-order valence-electron chi connectivity index (χ1n) is 9.71. The molecule has 1 saturated heterocycles. The van der Waals surface area contributed by atoms with Gasteiger partial charge in [-0.3, -0.25) is 14.9 Å². The van der Waals surface area contributed by atoms with Gasteiger partial charge in [0.1, 0.15) is 5.69 Å². The SMILES string of the molecule is CNC(=O)c1ccc(N2CCC(c3nc(-c4ccccc4)no3)CC2)c([N+](=O)[O-])c1. The molecule has 0 bridgehead atoms. The fraction of sp³-hybridized carbons (Fsp3) is 0.286. The zero-order chi connectivity index (χ0) is 21.1. The van der Waals surface area contributed by atoms with Crippen LogP contribution in [-0.4, -0.2) is 41.1 Å². The molecule has 1 N–H and O–H groups in total. The van der Waals surface area contributed by atoms with E-state index in [1.807, 2.05) is 35.2 Å². The smallest absolute Gasteiger partial charge is 0.293 e. The van der Waals surface area contributed by atoms with Crippen LogP contribution in [0.15, 0.2) is 53.1 Å². The number of nitro groups is 1. The van der Waals surface area contributed by atoms with E-state index >= 15 is 0 Å². The number of carbonyl (C=O) groups is 1. The monoisotopic (exact) mass is 407 g/mol. The molecule has 0 saturated carbocycles. The lowest BCUT2D eigenvalue weighted by atomic mass is 9.96. The van der Waals surface area contributed by atoms with Gasteiger partial charge in [-0.2, -0.15) is 4.98 Å². The Morgan fingerprint density at radius 1 is 1.20 bits per heavy atom. The molecule has 2 heterocycles. The Morgan fingerprint density at radius 2 is 1.93 bits per heavy atom. The van der Waals surface area contributed by atoms with Crippen LogP contribution in [0.4, 0.5) is 11.4 Å². The predicted molar refractivity (Wildman–Crippen MR) is 110 cm³/mol. The van der Waals surface area contributed by atoms with Crippen LogP contribution in [-0.2, 0) is 0 Å². The number of aromatic nitrogens is 2. The van der Waals surface area contributed by atoms with Crippen molar-refractivity contribution in [1.82, 2.24) is 15.5 Å². The van der Waals surface area contributed by atoms with Gasteiger partial charge in [-0.1, -0.05) is 35.5 Å². The summed E-state index contributed by atoms with van der Waals surface area (Å²) in [5.41, 5.74) is 1.61. The minimum atomic E-state index is -0.446. The van der Waals surface area contributed by atoms with Crippen LogP contribution >= 0.6 is 0 Å². The van der Waals surface area contributed by atoms with Crippen LogP contribution in [0.3, 0.4) is 0 Å². The molecule has 1 amide bonds. The molecule has 1 fully saturated rings. The van der Waals surface area contributed by atoms with E-state index in [1.54, 1.807) is 12.1 Å². The number of rotatable bonds is 5. The first-order chi connectivity index (χ1) is 14.6. The maximum absolute atomic E-state index is 11.8. The van der Waals surface area contributed by atoms with E-state index in [2.05, 4.69) is 15.5 Å². The van der Waals surface area contributed by atoms with Crippen molar-refractivity contribution in [1.29, 1.82) is 0 Å². The van der Waals surface area contributed by atoms with Gasteiger partial charge < -0.3 is 14.7 Å². The molecule has 30 heavy (non-hydrogen) atoms. The second kappa shape index (κ2) is 8.32. The van der Waals surface area contributed by atoms with Crippen molar-refractivity contribution in [2.24, 2.45) is 0 Å². The molecule has 154 valence electrons. The van der Waals surface area contributed by atoms with E-state index in [1.165, 1.54) is 13.1 Å². The predicted octanol–water partition coefficient (Wildman–Crippen LogP) is 3.39. The minimum absolute atomic E-state index is 0.0706. The van der Waals surface area contributed by atoms with Crippen molar-refractivity contribution in [3.63, 3.8) is 0 Å². The highest BCUT2D eigenvalue weighted by Crippen LogP contribution is 2.35. The topological polar surface area (TPSA) is 114 Å². The van der Waals surface area contributed by atoms with Gasteiger partial charge in [0.2, 0.25) is 11.7 Å². The van der Waals surface area contributed by atoms with Crippen LogP contribution in [0.5, 0.6) is 0 Å². The summed E-state index contributed by atoms with van der Waals surface area (Å²) in [7, 11) is 1.49. The largest absolute Gasteiger partial charge is 0.366 e. The van der Waals surface area contributed by atoms with E-state index in [0.29, 0.717) is 30.5 Å². The summed E-state index contributed by atoms with van der Waals surface area (Å²) in [5, 5.41) is 18.1. The second-order valence-corrected chi connectivity index (χ2v) is 7.12. The van der Waals surface area contributed by atoms with E-state index < -0.39 is 4.92 Å². The summed E-state index contributed by atoms with van der Waals surface area (Å²) >= 11 is 0. The molecule has 0 spiro atoms. The molecule has 0 radical (unpaired) electrons. The fourth-order valence-corrected chi connectivity index (χ4v) is 3.70. The summed E-state index contributed by atoms with van der Waals surface area (Å²) in [6.07, 6.45) is 1.48. The van der Waals surface area contributed by atoms with Gasteiger partial charge in [-0.25, -0.2) is 0 Å². The van der Waals surface area contributed by atoms with Gasteiger partial charge in [-0.05, 0) is 25.0 Å². The molecule has 4 rings (SSSR count). The Balaban J connectivity index is 1.48. The third-order valence-electron chi connectivity index (χ3n) is 5.32. The number of carbonyl (C=O) groups excluding carboxylic acids is 1. The molecule has 1 aromatic heterocycles. The summed E-state index contributed by atoms with van der Waals surface area (Å²) in [5.74, 6) is 0.913. The number of anilines is 1. The molecule has 0 aliphatic carbocycles. The highest BCUT2D eigenvalue weighted by molar-refractivity contribution is 5.95. The first-order valence-corrected chi connectivity index (χ1v) is 9.71. The summed E-state index contributed by atoms with van der Waals surface area (Å²) < 4.78 is 5.48. The highest BCUT2D eigenvalue weighted by atomic mass is 16.6. The number of nitro benzene ring substituents is 1. The van der Waals surface area contributed by atoms with E-state index in [-0.39, 0.29) is 23.1 Å². The Morgan fingerprint density at radius 3 is 2.60 bits per heavy atom. The molecule has 9 heteroatoms. The number of hydrogen-bond donors (Lipinski definition) is 1. The molecular weight excluding hydrogens is 386 g/mol. The van der Waals surface area contributed by atoms with Crippen molar-refractivity contribution >= 4 is 17.3 Å². The summed E-state index contributed by atoms with van der Waals surface area (Å²) in [4.78, 5) is 29.4. The van der Waals surface area contributed by atoms with Gasteiger partial charge in [0.25, 0.3) is 11.6 Å². The van der Waals surface area contributed by atoms with Crippen LogP contribution in [0.1, 0.15) is 35.0 Å². The van der Waals surface area contributed by atoms with Crippen LogP contribution in [0.2, 0.25) is 0 Å². The molecule has 1 aliphatic rings. The van der Waals surface area contributed by atoms with E-state index in [9.17, 15) is 14.9 Å². The second-order valence-electron chi connectivity index (χ2n) is 7.12. The quantitative estimate of drug-likeness (QED) is 0.509. The van der Waals surface area contributed by atoms with Gasteiger partial charge >= 0.3 is 0 Å². The average molecular weight is 407 g/mol. The fourth-order valence-electron chi connectivity index (χ4n) is 3.70. The number of hydrogen-bond acceptors (Lipinski definition) is 7. The normalized spacial score (nSPS) is 14.5.